The maximum atomic E-state index is 9.44. The highest BCUT2D eigenvalue weighted by Crippen LogP contribution is 2.58. The molecule has 0 aliphatic heterocycles. The number of hydrogen-bond donors (Lipinski definition) is 0. The molecular formula is C59H38N4. The van der Waals surface area contributed by atoms with E-state index in [1.807, 2.05) is 48.5 Å². The fourth-order valence-corrected chi connectivity index (χ4v) is 9.28. The van der Waals surface area contributed by atoms with Crippen molar-refractivity contribution in [3.05, 3.63) is 258 Å². The van der Waals surface area contributed by atoms with Gasteiger partial charge >= 0.3 is 0 Å². The van der Waals surface area contributed by atoms with Gasteiger partial charge in [-0.05, 0) is 91.0 Å². The standard InChI is InChI=1S/C59H38N4/c60-39-40-25-27-42(28-26-40)44-29-33-45(34-30-44)51-38-55-52(50-23-13-14-24-54(50)59(55,48-19-9-3-10-20-48)49-21-11-4-12-22-49)37-53(51)58-62-56(46-17-7-2-8-18-46)61-57(63-58)47-35-31-43(32-36-47)41-15-5-1-6-16-41/h1-38H. The summed E-state index contributed by atoms with van der Waals surface area (Å²) < 4.78 is 0. The Kier molecular flexibility index (Phi) is 9.41. The van der Waals surface area contributed by atoms with Crippen LogP contribution in [0.3, 0.4) is 0 Å². The minimum absolute atomic E-state index is 0.592. The number of nitriles is 1. The van der Waals surface area contributed by atoms with Crippen LogP contribution in [-0.2, 0) is 5.41 Å². The summed E-state index contributed by atoms with van der Waals surface area (Å²) in [7, 11) is 0. The number of hydrogen-bond acceptors (Lipinski definition) is 4. The Hall–Kier alpha value is -8.52. The minimum Gasteiger partial charge on any atom is -0.208 e. The lowest BCUT2D eigenvalue weighted by atomic mass is 9.67. The molecule has 1 aromatic heterocycles. The topological polar surface area (TPSA) is 62.5 Å². The van der Waals surface area contributed by atoms with Crippen LogP contribution in [-0.4, -0.2) is 15.0 Å². The van der Waals surface area contributed by atoms with Crippen molar-refractivity contribution in [1.29, 1.82) is 5.26 Å². The number of fused-ring (bicyclic) bond motifs is 3. The molecule has 0 saturated heterocycles. The first-order chi connectivity index (χ1) is 31.2. The Morgan fingerprint density at radius 2 is 0.714 bits per heavy atom. The lowest BCUT2D eigenvalue weighted by Gasteiger charge is -2.34. The fraction of sp³-hybridized carbons (Fsp3) is 0.0169. The lowest BCUT2D eigenvalue weighted by molar-refractivity contribution is 0.769. The summed E-state index contributed by atoms with van der Waals surface area (Å²) in [5.41, 5.74) is 16.4. The van der Waals surface area contributed by atoms with Gasteiger partial charge in [0.1, 0.15) is 0 Å². The SMILES string of the molecule is N#Cc1ccc(-c2ccc(-c3cc4c(cc3-c3nc(-c5ccccc5)nc(-c5ccc(-c6ccccc6)cc5)n3)-c3ccccc3C4(c3ccccc3)c3ccccc3)cc2)cc1. The van der Waals surface area contributed by atoms with Gasteiger partial charge in [0.25, 0.3) is 0 Å². The molecule has 4 nitrogen and oxygen atoms in total. The summed E-state index contributed by atoms with van der Waals surface area (Å²) in [4.78, 5) is 15.8. The van der Waals surface area contributed by atoms with Gasteiger partial charge in [-0.1, -0.05) is 206 Å². The highest BCUT2D eigenvalue weighted by atomic mass is 15.0. The summed E-state index contributed by atoms with van der Waals surface area (Å²) in [5.74, 6) is 1.80. The van der Waals surface area contributed by atoms with Gasteiger partial charge in [0.2, 0.25) is 0 Å². The molecule has 0 fully saturated rings. The summed E-state index contributed by atoms with van der Waals surface area (Å²) in [6.07, 6.45) is 0. The molecule has 1 aliphatic carbocycles. The molecule has 1 heterocycles. The molecule has 63 heavy (non-hydrogen) atoms. The van der Waals surface area contributed by atoms with Crippen molar-refractivity contribution in [2.24, 2.45) is 0 Å². The van der Waals surface area contributed by atoms with Crippen molar-refractivity contribution < 1.29 is 0 Å². The molecule has 9 aromatic carbocycles. The average Bonchev–Trinajstić information content (AvgIpc) is 3.67. The maximum Gasteiger partial charge on any atom is 0.164 e. The van der Waals surface area contributed by atoms with Crippen LogP contribution >= 0.6 is 0 Å². The van der Waals surface area contributed by atoms with Gasteiger partial charge in [-0.25, -0.2) is 15.0 Å². The third-order valence-electron chi connectivity index (χ3n) is 12.3. The van der Waals surface area contributed by atoms with Crippen LogP contribution in [0.15, 0.2) is 231 Å². The number of rotatable bonds is 8. The lowest BCUT2D eigenvalue weighted by Crippen LogP contribution is -2.28. The van der Waals surface area contributed by atoms with Crippen molar-refractivity contribution in [3.8, 4) is 84.7 Å². The molecule has 4 heteroatoms. The van der Waals surface area contributed by atoms with E-state index in [0.29, 0.717) is 23.0 Å². The predicted octanol–water partition coefficient (Wildman–Crippen LogP) is 14.1. The Balaban J connectivity index is 1.17. The Morgan fingerprint density at radius 1 is 0.302 bits per heavy atom. The van der Waals surface area contributed by atoms with E-state index in [2.05, 4.69) is 188 Å². The average molecular weight is 803 g/mol. The smallest absolute Gasteiger partial charge is 0.164 e. The zero-order valence-corrected chi connectivity index (χ0v) is 34.2. The van der Waals surface area contributed by atoms with Gasteiger partial charge in [-0.15, -0.1) is 0 Å². The molecule has 0 spiro atoms. The van der Waals surface area contributed by atoms with Gasteiger partial charge in [0.15, 0.2) is 17.5 Å². The second kappa shape index (κ2) is 15.8. The minimum atomic E-state index is -0.593. The summed E-state index contributed by atoms with van der Waals surface area (Å²) >= 11 is 0. The molecule has 0 N–H and O–H groups in total. The van der Waals surface area contributed by atoms with E-state index in [1.165, 1.54) is 27.8 Å². The van der Waals surface area contributed by atoms with Gasteiger partial charge in [0, 0.05) is 16.7 Å². The van der Waals surface area contributed by atoms with Crippen LogP contribution in [0.5, 0.6) is 0 Å². The van der Waals surface area contributed by atoms with Gasteiger partial charge in [-0.2, -0.15) is 5.26 Å². The van der Waals surface area contributed by atoms with Crippen molar-refractivity contribution in [1.82, 2.24) is 15.0 Å². The molecule has 1 aliphatic rings. The fourth-order valence-electron chi connectivity index (χ4n) is 9.28. The predicted molar refractivity (Wildman–Crippen MR) is 254 cm³/mol. The van der Waals surface area contributed by atoms with Crippen molar-refractivity contribution in [2.75, 3.05) is 0 Å². The zero-order valence-electron chi connectivity index (χ0n) is 34.2. The molecule has 0 atom stereocenters. The molecule has 0 amide bonds. The van der Waals surface area contributed by atoms with E-state index in [-0.39, 0.29) is 0 Å². The quantitative estimate of drug-likeness (QED) is 0.153. The monoisotopic (exact) mass is 802 g/mol. The van der Waals surface area contributed by atoms with E-state index in [4.69, 9.17) is 15.0 Å². The first kappa shape index (κ1) is 37.5. The van der Waals surface area contributed by atoms with E-state index in [9.17, 15) is 5.26 Å². The highest BCUT2D eigenvalue weighted by molar-refractivity contribution is 5.94. The molecule has 0 saturated carbocycles. The number of aromatic nitrogens is 3. The summed E-state index contributed by atoms with van der Waals surface area (Å²) in [6.45, 7) is 0. The molecular weight excluding hydrogens is 765 g/mol. The van der Waals surface area contributed by atoms with Crippen LogP contribution in [0.2, 0.25) is 0 Å². The largest absolute Gasteiger partial charge is 0.208 e. The zero-order chi connectivity index (χ0) is 42.2. The molecule has 11 rings (SSSR count). The van der Waals surface area contributed by atoms with E-state index in [1.54, 1.807) is 0 Å². The molecule has 294 valence electrons. The van der Waals surface area contributed by atoms with Crippen LogP contribution in [0.25, 0.3) is 78.7 Å². The number of benzene rings is 9. The molecule has 10 aromatic rings. The summed E-state index contributed by atoms with van der Waals surface area (Å²) in [6, 6.07) is 83.0. The molecule has 0 unspecified atom stereocenters. The third kappa shape index (κ3) is 6.61. The van der Waals surface area contributed by atoms with Crippen molar-refractivity contribution in [3.63, 3.8) is 0 Å². The maximum absolute atomic E-state index is 9.44. The second-order valence-corrected chi connectivity index (χ2v) is 15.9. The Labute approximate surface area is 367 Å². The van der Waals surface area contributed by atoms with Crippen LogP contribution in [0.1, 0.15) is 27.8 Å². The Morgan fingerprint density at radius 3 is 1.27 bits per heavy atom. The highest BCUT2D eigenvalue weighted by Gasteiger charge is 2.46. The number of nitrogens with zero attached hydrogens (tertiary/aromatic N) is 4. The van der Waals surface area contributed by atoms with E-state index in [0.717, 1.165) is 55.6 Å². The van der Waals surface area contributed by atoms with Gasteiger partial charge < -0.3 is 0 Å². The van der Waals surface area contributed by atoms with Gasteiger partial charge in [0.05, 0.1) is 17.0 Å². The van der Waals surface area contributed by atoms with Crippen LogP contribution in [0, 0.1) is 11.3 Å². The normalized spacial score (nSPS) is 12.2. The van der Waals surface area contributed by atoms with Crippen molar-refractivity contribution in [2.45, 2.75) is 5.41 Å². The van der Waals surface area contributed by atoms with E-state index < -0.39 is 5.41 Å². The second-order valence-electron chi connectivity index (χ2n) is 15.9. The van der Waals surface area contributed by atoms with Crippen LogP contribution < -0.4 is 0 Å². The first-order valence-electron chi connectivity index (χ1n) is 21.2. The summed E-state index contributed by atoms with van der Waals surface area (Å²) in [5, 5.41) is 9.44. The van der Waals surface area contributed by atoms with Gasteiger partial charge in [-0.3, -0.25) is 0 Å². The van der Waals surface area contributed by atoms with Crippen molar-refractivity contribution >= 4 is 0 Å². The van der Waals surface area contributed by atoms with E-state index >= 15 is 0 Å². The van der Waals surface area contributed by atoms with Crippen LogP contribution in [0.4, 0.5) is 0 Å². The third-order valence-corrected chi connectivity index (χ3v) is 12.3. The Bertz CT molecular complexity index is 3250. The molecule has 0 bridgehead atoms. The first-order valence-corrected chi connectivity index (χ1v) is 21.2. The molecule has 0 radical (unpaired) electrons.